The quantitative estimate of drug-likeness (QED) is 0.217. The van der Waals surface area contributed by atoms with Crippen LogP contribution in [0, 0.1) is 0 Å². The van der Waals surface area contributed by atoms with Gasteiger partial charge in [-0.15, -0.1) is 0 Å². The predicted molar refractivity (Wildman–Crippen MR) is 29.0 cm³/mol. The van der Waals surface area contributed by atoms with E-state index in [0.29, 0.717) is 0 Å². The maximum Gasteiger partial charge on any atom is 0.267 e. The summed E-state index contributed by atoms with van der Waals surface area (Å²) in [4.78, 5) is 20.2. The molecule has 56 valence electrons. The van der Waals surface area contributed by atoms with E-state index in [2.05, 4.69) is 0 Å². The molecule has 2 amide bonds. The molecule has 0 fully saturated rings. The summed E-state index contributed by atoms with van der Waals surface area (Å²) < 4.78 is 0. The summed E-state index contributed by atoms with van der Waals surface area (Å²) in [6.45, 7) is 0. The average Bonchev–Trinajstić information content (AvgIpc) is 1.99. The monoisotopic (exact) mass is 146 g/mol. The molecule has 0 bridgehead atoms. The number of hydrogen-bond donors (Lipinski definition) is 4. The highest BCUT2D eigenvalue weighted by atomic mass is 16.5. The fourth-order valence-electron chi connectivity index (χ4n) is 0.226. The predicted octanol–water partition coefficient (Wildman–Crippen LogP) is -1.45. The average molecular weight is 146 g/mol. The first kappa shape index (κ1) is 8.60. The van der Waals surface area contributed by atoms with E-state index in [-0.39, 0.29) is 0 Å². The fourth-order valence-corrected chi connectivity index (χ4v) is 0.226. The Bertz CT molecular complexity index is 147. The van der Waals surface area contributed by atoms with Crippen LogP contribution in [0.15, 0.2) is 12.2 Å². The molecule has 0 aliphatic carbocycles. The lowest BCUT2D eigenvalue weighted by Crippen LogP contribution is -2.19. The molecule has 0 rings (SSSR count). The summed E-state index contributed by atoms with van der Waals surface area (Å²) in [5, 5.41) is 15.8. The maximum atomic E-state index is 10.1. The molecular formula is C4H6N2O4. The second-order valence-corrected chi connectivity index (χ2v) is 1.29. The second kappa shape index (κ2) is 4.48. The lowest BCUT2D eigenvalue weighted by molar-refractivity contribution is -0.126. The van der Waals surface area contributed by atoms with Crippen molar-refractivity contribution in [2.24, 2.45) is 0 Å². The van der Waals surface area contributed by atoms with Crippen molar-refractivity contribution in [3.05, 3.63) is 12.2 Å². The van der Waals surface area contributed by atoms with E-state index >= 15 is 0 Å². The molecule has 0 saturated heterocycles. The van der Waals surface area contributed by atoms with Gasteiger partial charge in [0.1, 0.15) is 0 Å². The molecule has 6 nitrogen and oxygen atoms in total. The Morgan fingerprint density at radius 2 is 1.30 bits per heavy atom. The molecule has 10 heavy (non-hydrogen) atoms. The van der Waals surface area contributed by atoms with Gasteiger partial charge in [-0.05, 0) is 0 Å². The molecule has 0 aromatic carbocycles. The van der Waals surface area contributed by atoms with Crippen LogP contribution in [0.3, 0.4) is 0 Å². The number of carbonyl (C=O) groups excluding carboxylic acids is 2. The van der Waals surface area contributed by atoms with Gasteiger partial charge in [0.25, 0.3) is 11.8 Å². The number of nitrogens with one attached hydrogen (secondary N) is 2. The maximum absolute atomic E-state index is 10.1. The van der Waals surface area contributed by atoms with Crippen molar-refractivity contribution in [3.63, 3.8) is 0 Å². The van der Waals surface area contributed by atoms with Crippen LogP contribution in [0.5, 0.6) is 0 Å². The van der Waals surface area contributed by atoms with Crippen molar-refractivity contribution in [2.45, 2.75) is 0 Å². The molecule has 0 aromatic heterocycles. The van der Waals surface area contributed by atoms with E-state index in [1.807, 2.05) is 0 Å². The molecule has 0 radical (unpaired) electrons. The molecular weight excluding hydrogens is 140 g/mol. The fraction of sp³-hybridized carbons (Fsp3) is 0. The number of hydroxylamine groups is 2. The summed E-state index contributed by atoms with van der Waals surface area (Å²) in [6.07, 6.45) is 1.51. The Morgan fingerprint density at radius 1 is 1.00 bits per heavy atom. The Labute approximate surface area is 56.1 Å². The highest BCUT2D eigenvalue weighted by molar-refractivity contribution is 5.95. The molecule has 0 aliphatic heterocycles. The van der Waals surface area contributed by atoms with E-state index in [1.165, 1.54) is 11.0 Å². The minimum Gasteiger partial charge on any atom is -0.288 e. The van der Waals surface area contributed by atoms with Crippen LogP contribution in [0.25, 0.3) is 0 Å². The van der Waals surface area contributed by atoms with Gasteiger partial charge in [0.2, 0.25) is 0 Å². The van der Waals surface area contributed by atoms with Gasteiger partial charge in [0.05, 0.1) is 0 Å². The van der Waals surface area contributed by atoms with Crippen LogP contribution < -0.4 is 11.0 Å². The molecule has 0 saturated carbocycles. The van der Waals surface area contributed by atoms with Crippen LogP contribution in [0.2, 0.25) is 0 Å². The Morgan fingerprint density at radius 3 is 1.50 bits per heavy atom. The molecule has 0 atom stereocenters. The van der Waals surface area contributed by atoms with E-state index in [4.69, 9.17) is 10.4 Å². The first-order valence-electron chi connectivity index (χ1n) is 2.27. The van der Waals surface area contributed by atoms with Gasteiger partial charge in [0, 0.05) is 12.2 Å². The van der Waals surface area contributed by atoms with Crippen molar-refractivity contribution in [2.75, 3.05) is 0 Å². The third kappa shape index (κ3) is 3.58. The molecule has 0 aliphatic rings. The van der Waals surface area contributed by atoms with Crippen LogP contribution in [0.4, 0.5) is 0 Å². The zero-order valence-electron chi connectivity index (χ0n) is 4.87. The van der Waals surface area contributed by atoms with Crippen LogP contribution in [0.1, 0.15) is 0 Å². The van der Waals surface area contributed by atoms with Gasteiger partial charge in [0.15, 0.2) is 0 Å². The highest BCUT2D eigenvalue weighted by Gasteiger charge is 1.92. The normalized spacial score (nSPS) is 9.40. The zero-order valence-corrected chi connectivity index (χ0v) is 4.87. The van der Waals surface area contributed by atoms with Gasteiger partial charge in [-0.1, -0.05) is 0 Å². The van der Waals surface area contributed by atoms with Gasteiger partial charge < -0.3 is 0 Å². The van der Waals surface area contributed by atoms with Gasteiger partial charge in [-0.25, -0.2) is 11.0 Å². The number of rotatable bonds is 2. The summed E-state index contributed by atoms with van der Waals surface area (Å²) >= 11 is 0. The standard InChI is InChI=1S/C4H6N2O4/c7-3(5-9)1-2-4(8)6-10/h1-2,9-10H,(H,5,7)(H,6,8). The number of amides is 2. The smallest absolute Gasteiger partial charge is 0.267 e. The minimum atomic E-state index is -0.844. The zero-order chi connectivity index (χ0) is 7.98. The third-order valence-corrected chi connectivity index (χ3v) is 0.606. The largest absolute Gasteiger partial charge is 0.288 e. The van der Waals surface area contributed by atoms with Gasteiger partial charge in [-0.3, -0.25) is 20.0 Å². The lowest BCUT2D eigenvalue weighted by atomic mass is 10.5. The lowest BCUT2D eigenvalue weighted by Gasteiger charge is -1.88. The van der Waals surface area contributed by atoms with E-state index in [0.717, 1.165) is 12.2 Å². The molecule has 4 N–H and O–H groups in total. The second-order valence-electron chi connectivity index (χ2n) is 1.29. The van der Waals surface area contributed by atoms with Crippen LogP contribution in [-0.2, 0) is 9.59 Å². The first-order valence-corrected chi connectivity index (χ1v) is 2.27. The van der Waals surface area contributed by atoms with Crippen molar-refractivity contribution in [1.29, 1.82) is 0 Å². The van der Waals surface area contributed by atoms with E-state index < -0.39 is 11.8 Å². The summed E-state index contributed by atoms with van der Waals surface area (Å²) in [5.74, 6) is -1.69. The number of hydrogen-bond acceptors (Lipinski definition) is 4. The highest BCUT2D eigenvalue weighted by Crippen LogP contribution is 1.71. The molecule has 0 heterocycles. The first-order chi connectivity index (χ1) is 4.70. The molecule has 6 heteroatoms. The van der Waals surface area contributed by atoms with Crippen molar-refractivity contribution in [3.8, 4) is 0 Å². The number of carbonyl (C=O) groups is 2. The summed E-state index contributed by atoms with van der Waals surface area (Å²) in [6, 6.07) is 0. The Balaban J connectivity index is 3.75. The van der Waals surface area contributed by atoms with Crippen LogP contribution >= 0.6 is 0 Å². The Kier molecular flexibility index (Phi) is 3.85. The minimum absolute atomic E-state index is 0.756. The summed E-state index contributed by atoms with van der Waals surface area (Å²) in [5.41, 5.74) is 2.51. The van der Waals surface area contributed by atoms with E-state index in [9.17, 15) is 9.59 Å². The van der Waals surface area contributed by atoms with Crippen molar-refractivity contribution >= 4 is 11.8 Å². The van der Waals surface area contributed by atoms with Gasteiger partial charge in [-0.2, -0.15) is 0 Å². The molecule has 0 aromatic rings. The van der Waals surface area contributed by atoms with Crippen LogP contribution in [-0.4, -0.2) is 22.2 Å². The third-order valence-electron chi connectivity index (χ3n) is 0.606. The molecule has 0 unspecified atom stereocenters. The molecule has 0 spiro atoms. The SMILES string of the molecule is O=C(C=CC(=O)NO)NO. The van der Waals surface area contributed by atoms with Crippen molar-refractivity contribution < 1.29 is 20.0 Å². The van der Waals surface area contributed by atoms with Crippen molar-refractivity contribution in [1.82, 2.24) is 11.0 Å². The van der Waals surface area contributed by atoms with Gasteiger partial charge >= 0.3 is 0 Å². The topological polar surface area (TPSA) is 98.7 Å². The summed E-state index contributed by atoms with van der Waals surface area (Å²) in [7, 11) is 0. The Hall–Kier alpha value is -1.40. The van der Waals surface area contributed by atoms with E-state index in [1.54, 1.807) is 0 Å².